The number of nitrogens with one attached hydrogen (secondary N) is 9. The summed E-state index contributed by atoms with van der Waals surface area (Å²) < 4.78 is 0. The Morgan fingerprint density at radius 1 is 0.778 bits per heavy atom. The zero-order valence-corrected chi connectivity index (χ0v) is 47.1. The molecule has 1 aliphatic carbocycles. The fourth-order valence-corrected chi connectivity index (χ4v) is 12.0. The molecule has 3 heterocycles. The normalized spacial score (nSPS) is 25.9. The summed E-state index contributed by atoms with van der Waals surface area (Å²) in [6, 6.07) is 11.8. The predicted octanol–water partition coefficient (Wildman–Crippen LogP) is 0.475. The number of benzene rings is 3. The number of fused-ring (bicyclic) bond motifs is 5. The highest BCUT2D eigenvalue weighted by Crippen LogP contribution is 2.57. The highest BCUT2D eigenvalue weighted by molar-refractivity contribution is 6.00. The van der Waals surface area contributed by atoms with Crippen LogP contribution in [0.1, 0.15) is 129 Å². The first-order valence-corrected chi connectivity index (χ1v) is 28.5. The molecule has 2 aliphatic heterocycles. The summed E-state index contributed by atoms with van der Waals surface area (Å²) in [6.45, 7) is 7.48. The highest BCUT2D eigenvalue weighted by Gasteiger charge is 2.62. The molecule has 4 aromatic rings. The van der Waals surface area contributed by atoms with Gasteiger partial charge in [0.15, 0.2) is 0 Å². The van der Waals surface area contributed by atoms with Crippen LogP contribution in [0.3, 0.4) is 0 Å². The van der Waals surface area contributed by atoms with Gasteiger partial charge in [-0.3, -0.25) is 59.6 Å². The summed E-state index contributed by atoms with van der Waals surface area (Å²) in [5.74, 6) is -6.16. The van der Waals surface area contributed by atoms with Crippen molar-refractivity contribution in [3.63, 3.8) is 0 Å². The zero-order valence-electron chi connectivity index (χ0n) is 47.1. The van der Waals surface area contributed by atoms with E-state index in [1.54, 1.807) is 6.20 Å². The Morgan fingerprint density at radius 3 is 2.20 bits per heavy atom. The number of H-pyrrole nitrogens is 1. The molecule has 9 amide bonds. The quantitative estimate of drug-likeness (QED) is 0.0441. The Labute approximate surface area is 472 Å². The third kappa shape index (κ3) is 15.3. The van der Waals surface area contributed by atoms with Crippen molar-refractivity contribution in [2.24, 2.45) is 22.6 Å². The molecule has 9 atom stereocenters. The van der Waals surface area contributed by atoms with Crippen LogP contribution < -0.4 is 59.4 Å². The Morgan fingerprint density at radius 2 is 1.46 bits per heavy atom. The standard InChI is InChI=1S/C59H81N13O9/c1-5-6-19-43(66-35(2)73)51(76)71-47-32-49(74)63-27-14-11-21-42(50(60)75)67-54(79)46(31-39-34-65-41-20-10-9-18-40(39)41)69-52(77)44(22-15-28-64-57(61)62)68-53(78)45(30-36-23-24-37-16-7-8-17-38(37)29-36)70-55(80)48-33-58(3)25-12-13-26-59(58,4)72(48)56(47)81/h7-10,16-18,20,23-24,29,34,42-48,65H,5-6,11-15,19,21-22,25-28,30-33H2,1-4H3,(H2,60,75)(H,63,74)(H,66,73)(H,67,79)(H,68,78)(H,69,77)(H,70,80)(H,71,76)(H4,61,62,64)/p+1/t42-,43+,44+,45-,46-,47+,48+,58+,59+/m0/s1. The maximum Gasteiger partial charge on any atom is 0.338 e. The third-order valence-electron chi connectivity index (χ3n) is 16.7. The number of hydrogen-bond donors (Lipinski definition) is 12. The monoisotopic (exact) mass is 1120 g/mol. The van der Waals surface area contributed by atoms with Gasteiger partial charge in [0.25, 0.3) is 0 Å². The second-order valence-electron chi connectivity index (χ2n) is 22.6. The number of primary amides is 1. The average molecular weight is 1120 g/mol. The van der Waals surface area contributed by atoms with Gasteiger partial charge in [0.05, 0.1) is 13.0 Å². The molecule has 81 heavy (non-hydrogen) atoms. The van der Waals surface area contributed by atoms with Gasteiger partial charge >= 0.3 is 5.96 Å². The number of rotatable bonds is 15. The van der Waals surface area contributed by atoms with E-state index < -0.39 is 113 Å². The third-order valence-corrected chi connectivity index (χ3v) is 16.7. The van der Waals surface area contributed by atoms with E-state index in [0.717, 1.165) is 34.5 Å². The molecule has 0 radical (unpaired) electrons. The molecule has 22 heteroatoms. The van der Waals surface area contributed by atoms with Crippen molar-refractivity contribution >= 4 is 80.8 Å². The van der Waals surface area contributed by atoms with Gasteiger partial charge in [-0.1, -0.05) is 100 Å². The van der Waals surface area contributed by atoms with E-state index in [0.29, 0.717) is 43.2 Å². The molecular weight excluding hydrogens is 1030 g/mol. The van der Waals surface area contributed by atoms with E-state index in [-0.39, 0.29) is 70.4 Å². The van der Waals surface area contributed by atoms with E-state index in [1.165, 1.54) is 11.8 Å². The van der Waals surface area contributed by atoms with Crippen molar-refractivity contribution in [2.45, 2.75) is 178 Å². The Hall–Kier alpha value is -8.04. The topological polar surface area (TPSA) is 349 Å². The minimum Gasteiger partial charge on any atom is -0.368 e. The number of aromatic nitrogens is 1. The van der Waals surface area contributed by atoms with Crippen LogP contribution >= 0.6 is 0 Å². The van der Waals surface area contributed by atoms with Crippen molar-refractivity contribution < 1.29 is 48.1 Å². The number of nitrogens with two attached hydrogens (primary N) is 3. The van der Waals surface area contributed by atoms with Crippen molar-refractivity contribution in [3.8, 4) is 0 Å². The summed E-state index contributed by atoms with van der Waals surface area (Å²) in [5.41, 5.74) is 17.9. The average Bonchev–Trinajstić information content (AvgIpc) is 2.39. The molecule has 1 saturated carbocycles. The van der Waals surface area contributed by atoms with E-state index in [4.69, 9.17) is 17.2 Å². The Balaban J connectivity index is 1.31. The molecule has 1 aromatic heterocycles. The second-order valence-corrected chi connectivity index (χ2v) is 22.6. The van der Waals surface area contributed by atoms with Gasteiger partial charge in [0.2, 0.25) is 53.2 Å². The van der Waals surface area contributed by atoms with Gasteiger partial charge < -0.3 is 52.8 Å². The molecule has 3 fully saturated rings. The number of aromatic amines is 1. The predicted molar refractivity (Wildman–Crippen MR) is 306 cm³/mol. The smallest absolute Gasteiger partial charge is 0.338 e. The Kier molecular flexibility index (Phi) is 20.5. The lowest BCUT2D eigenvalue weighted by molar-refractivity contribution is -0.459. The van der Waals surface area contributed by atoms with Gasteiger partial charge in [-0.05, 0) is 98.1 Å². The van der Waals surface area contributed by atoms with Crippen LogP contribution in [0.25, 0.3) is 21.7 Å². The van der Waals surface area contributed by atoms with Crippen LogP contribution in [0, 0.1) is 5.41 Å². The molecule has 0 unspecified atom stereocenters. The number of carbonyl (C=O) groups excluding carboxylic acids is 9. The van der Waals surface area contributed by atoms with Gasteiger partial charge in [-0.25, -0.2) is 0 Å². The molecule has 3 aromatic carbocycles. The van der Waals surface area contributed by atoms with E-state index in [1.807, 2.05) is 87.5 Å². The molecule has 0 bridgehead atoms. The first-order valence-electron chi connectivity index (χ1n) is 28.5. The van der Waals surface area contributed by atoms with Crippen LogP contribution in [0.5, 0.6) is 0 Å². The summed E-state index contributed by atoms with van der Waals surface area (Å²) >= 11 is 0. The molecule has 7 rings (SSSR count). The molecule has 3 aliphatic rings. The van der Waals surface area contributed by atoms with Crippen LogP contribution in [0.2, 0.25) is 0 Å². The van der Waals surface area contributed by atoms with E-state index in [9.17, 15) is 28.8 Å². The first kappa shape index (κ1) is 60.6. The second kappa shape index (κ2) is 27.4. The number of hydrogen-bond acceptors (Lipinski definition) is 9. The minimum atomic E-state index is -1.50. The largest absolute Gasteiger partial charge is 0.368 e. The van der Waals surface area contributed by atoms with Gasteiger partial charge in [0.1, 0.15) is 42.3 Å². The number of guanidine groups is 1. The fraction of sp³-hybridized carbons (Fsp3) is 0.525. The molecular formula is C59H82N13O9+. The first-order chi connectivity index (χ1) is 38.7. The SMILES string of the molecule is CCCC[C@@H](NC(C)=O)C(=O)N[C@@H]1CC(=O)NCCCC[C@@H](C(N)=O)NC(=O)[C@H](Cc2c[nH]c3ccccc23)NC(=O)[C@@H](CCC[NH+]=C(N)N)NC(=O)[C@H](Cc2ccc3ccccc3c2)NC(=O)[C@H]2C[C@@]3(C)CCCC[C@@]3(C)N2C1=O. The lowest BCUT2D eigenvalue weighted by Crippen LogP contribution is -2.78. The van der Waals surface area contributed by atoms with Crippen molar-refractivity contribution in [2.75, 3.05) is 13.1 Å². The van der Waals surface area contributed by atoms with Gasteiger partial charge in [-0.2, -0.15) is 0 Å². The fourth-order valence-electron chi connectivity index (χ4n) is 12.0. The maximum absolute atomic E-state index is 15.7. The number of amides is 9. The zero-order chi connectivity index (χ0) is 58.4. The van der Waals surface area contributed by atoms with Crippen molar-refractivity contribution in [1.29, 1.82) is 0 Å². The highest BCUT2D eigenvalue weighted by atomic mass is 16.2. The van der Waals surface area contributed by atoms with E-state index in [2.05, 4.69) is 47.2 Å². The molecule has 0 spiro atoms. The van der Waals surface area contributed by atoms with Crippen LogP contribution in [0.4, 0.5) is 0 Å². The van der Waals surface area contributed by atoms with Crippen molar-refractivity contribution in [3.05, 3.63) is 84.1 Å². The summed E-state index contributed by atoms with van der Waals surface area (Å²) in [4.78, 5) is 137. The van der Waals surface area contributed by atoms with Gasteiger partial charge in [-0.15, -0.1) is 0 Å². The number of unbranched alkanes of at least 4 members (excludes halogenated alkanes) is 1. The van der Waals surface area contributed by atoms with E-state index >= 15 is 14.4 Å². The molecule has 2 saturated heterocycles. The number of para-hydroxylation sites is 1. The number of nitrogens with zero attached hydrogens (tertiary/aromatic N) is 1. The van der Waals surface area contributed by atoms with Crippen LogP contribution in [-0.4, -0.2) is 130 Å². The van der Waals surface area contributed by atoms with Gasteiger partial charge in [0, 0.05) is 48.9 Å². The minimum absolute atomic E-state index is 0.00253. The van der Waals surface area contributed by atoms with Crippen molar-refractivity contribution in [1.82, 2.24) is 47.1 Å². The molecule has 436 valence electrons. The Bertz CT molecular complexity index is 2990. The maximum atomic E-state index is 15.7. The molecule has 22 nitrogen and oxygen atoms in total. The summed E-state index contributed by atoms with van der Waals surface area (Å²) in [6.07, 6.45) is 6.46. The molecule has 15 N–H and O–H groups in total. The lowest BCUT2D eigenvalue weighted by atomic mass is 9.63. The number of carbonyl (C=O) groups is 9. The van der Waals surface area contributed by atoms with Crippen LogP contribution in [-0.2, 0) is 56.0 Å². The summed E-state index contributed by atoms with van der Waals surface area (Å²) in [5, 5.41) is 22.5. The lowest BCUT2D eigenvalue weighted by Gasteiger charge is -2.50. The summed E-state index contributed by atoms with van der Waals surface area (Å²) in [7, 11) is 0. The van der Waals surface area contributed by atoms with Crippen LogP contribution in [0.15, 0.2) is 72.9 Å².